The zero-order valence-electron chi connectivity index (χ0n) is 16.7. The SMILES string of the molecule is N#Cc1cc(NC(=O)c2cc(F)cc(C(F)(F)F)c2)c2c(c1)C(=O)N[C@H]2c1cc(F)ccc1Cl. The molecule has 0 saturated heterocycles. The summed E-state index contributed by atoms with van der Waals surface area (Å²) in [6.45, 7) is 0. The Hall–Kier alpha value is -3.97. The summed E-state index contributed by atoms with van der Waals surface area (Å²) in [5.41, 5.74) is -1.90. The van der Waals surface area contributed by atoms with E-state index in [2.05, 4.69) is 10.6 Å². The van der Waals surface area contributed by atoms with E-state index in [1.807, 2.05) is 6.07 Å². The van der Waals surface area contributed by atoms with Crippen molar-refractivity contribution in [2.24, 2.45) is 0 Å². The molecule has 0 radical (unpaired) electrons. The van der Waals surface area contributed by atoms with Gasteiger partial charge in [0.2, 0.25) is 0 Å². The molecule has 0 spiro atoms. The Morgan fingerprint density at radius 3 is 2.47 bits per heavy atom. The number of amides is 2. The smallest absolute Gasteiger partial charge is 0.341 e. The van der Waals surface area contributed by atoms with E-state index in [-0.39, 0.29) is 39.0 Å². The number of rotatable bonds is 3. The second-order valence-electron chi connectivity index (χ2n) is 7.35. The fraction of sp³-hybridized carbons (Fsp3) is 0.0870. The molecule has 0 aromatic heterocycles. The Morgan fingerprint density at radius 1 is 1.06 bits per heavy atom. The van der Waals surface area contributed by atoms with Gasteiger partial charge in [0.05, 0.1) is 23.2 Å². The van der Waals surface area contributed by atoms with Crippen LogP contribution in [0.3, 0.4) is 0 Å². The molecule has 3 aromatic rings. The summed E-state index contributed by atoms with van der Waals surface area (Å²) in [5, 5.41) is 14.3. The molecular formula is C23H11ClF5N3O2. The van der Waals surface area contributed by atoms with Gasteiger partial charge in [0.25, 0.3) is 11.8 Å². The highest BCUT2D eigenvalue weighted by atomic mass is 35.5. The third kappa shape index (κ3) is 4.30. The Morgan fingerprint density at radius 2 is 1.79 bits per heavy atom. The predicted octanol–water partition coefficient (Wildman–Crippen LogP) is 5.59. The van der Waals surface area contributed by atoms with Crippen LogP contribution in [0.1, 0.15) is 49.0 Å². The molecule has 0 bridgehead atoms. The number of alkyl halides is 3. The van der Waals surface area contributed by atoms with E-state index in [1.165, 1.54) is 18.2 Å². The minimum absolute atomic E-state index is 0.0186. The van der Waals surface area contributed by atoms with Gasteiger partial charge in [-0.15, -0.1) is 0 Å². The second kappa shape index (κ2) is 8.43. The first-order valence-corrected chi connectivity index (χ1v) is 9.88. The number of nitriles is 1. The van der Waals surface area contributed by atoms with Crippen molar-refractivity contribution >= 4 is 29.1 Å². The van der Waals surface area contributed by atoms with Crippen LogP contribution >= 0.6 is 11.6 Å². The summed E-state index contributed by atoms with van der Waals surface area (Å²) in [6, 6.07) is 8.00. The molecule has 2 amide bonds. The van der Waals surface area contributed by atoms with Crippen LogP contribution in [0.4, 0.5) is 27.6 Å². The van der Waals surface area contributed by atoms with Crippen molar-refractivity contribution in [2.45, 2.75) is 12.2 Å². The molecule has 34 heavy (non-hydrogen) atoms. The first-order chi connectivity index (χ1) is 16.0. The zero-order valence-corrected chi connectivity index (χ0v) is 17.5. The molecule has 0 unspecified atom stereocenters. The monoisotopic (exact) mass is 491 g/mol. The van der Waals surface area contributed by atoms with Gasteiger partial charge < -0.3 is 10.6 Å². The van der Waals surface area contributed by atoms with Gasteiger partial charge in [-0.2, -0.15) is 18.4 Å². The topological polar surface area (TPSA) is 82.0 Å². The Labute approximate surface area is 193 Å². The highest BCUT2D eigenvalue weighted by Crippen LogP contribution is 2.40. The highest BCUT2D eigenvalue weighted by molar-refractivity contribution is 6.31. The number of halogens is 6. The number of nitrogens with one attached hydrogen (secondary N) is 2. The highest BCUT2D eigenvalue weighted by Gasteiger charge is 2.35. The van der Waals surface area contributed by atoms with E-state index in [1.54, 1.807) is 0 Å². The number of hydrogen-bond acceptors (Lipinski definition) is 3. The second-order valence-corrected chi connectivity index (χ2v) is 7.76. The normalized spacial score (nSPS) is 14.9. The molecule has 1 atom stereocenters. The lowest BCUT2D eigenvalue weighted by Crippen LogP contribution is -2.21. The lowest BCUT2D eigenvalue weighted by atomic mass is 9.94. The molecule has 0 fully saturated rings. The third-order valence-electron chi connectivity index (χ3n) is 5.12. The molecular weight excluding hydrogens is 481 g/mol. The van der Waals surface area contributed by atoms with Crippen LogP contribution in [0.5, 0.6) is 0 Å². The summed E-state index contributed by atoms with van der Waals surface area (Å²) >= 11 is 6.17. The first-order valence-electron chi connectivity index (χ1n) is 9.51. The Balaban J connectivity index is 1.82. The van der Waals surface area contributed by atoms with E-state index in [4.69, 9.17) is 11.6 Å². The average molecular weight is 492 g/mol. The van der Waals surface area contributed by atoms with E-state index < -0.39 is 46.8 Å². The van der Waals surface area contributed by atoms with Gasteiger partial charge in [-0.1, -0.05) is 11.6 Å². The standard InChI is InChI=1S/C23H11ClF5N3O2/c24-17-2-1-13(25)8-15(17)20-19-16(22(34)32-20)3-10(9-30)4-18(19)31-21(33)11-5-12(23(27,28)29)7-14(26)6-11/h1-8,20H,(H,31,33)(H,32,34)/t20-/m0/s1. The van der Waals surface area contributed by atoms with Gasteiger partial charge >= 0.3 is 6.18 Å². The van der Waals surface area contributed by atoms with E-state index >= 15 is 0 Å². The number of anilines is 1. The number of fused-ring (bicyclic) bond motifs is 1. The summed E-state index contributed by atoms with van der Waals surface area (Å²) in [5.74, 6) is -3.69. The van der Waals surface area contributed by atoms with Gasteiger partial charge in [0.1, 0.15) is 11.6 Å². The Kier molecular flexibility index (Phi) is 5.75. The number of nitrogens with zero attached hydrogens (tertiary/aromatic N) is 1. The summed E-state index contributed by atoms with van der Waals surface area (Å²) in [7, 11) is 0. The van der Waals surface area contributed by atoms with Crippen molar-refractivity contribution in [3.05, 3.63) is 98.6 Å². The average Bonchev–Trinajstić information content (AvgIpc) is 3.10. The van der Waals surface area contributed by atoms with Crippen LogP contribution in [-0.4, -0.2) is 11.8 Å². The maximum atomic E-state index is 13.9. The largest absolute Gasteiger partial charge is 0.416 e. The van der Waals surface area contributed by atoms with Crippen molar-refractivity contribution in [1.82, 2.24) is 5.32 Å². The minimum Gasteiger partial charge on any atom is -0.341 e. The lowest BCUT2D eigenvalue weighted by molar-refractivity contribution is -0.137. The van der Waals surface area contributed by atoms with Crippen LogP contribution in [-0.2, 0) is 6.18 Å². The van der Waals surface area contributed by atoms with E-state index in [0.717, 1.165) is 12.1 Å². The molecule has 1 heterocycles. The van der Waals surface area contributed by atoms with Gasteiger partial charge in [0, 0.05) is 33.0 Å². The van der Waals surface area contributed by atoms with Gasteiger partial charge in [-0.25, -0.2) is 8.78 Å². The molecule has 2 N–H and O–H groups in total. The molecule has 4 rings (SSSR count). The van der Waals surface area contributed by atoms with Crippen molar-refractivity contribution in [3.8, 4) is 6.07 Å². The lowest BCUT2D eigenvalue weighted by Gasteiger charge is -2.18. The fourth-order valence-electron chi connectivity index (χ4n) is 3.65. The van der Waals surface area contributed by atoms with Crippen LogP contribution < -0.4 is 10.6 Å². The summed E-state index contributed by atoms with van der Waals surface area (Å²) in [4.78, 5) is 25.3. The van der Waals surface area contributed by atoms with Gasteiger partial charge in [-0.05, 0) is 48.5 Å². The Bertz CT molecular complexity index is 1400. The number of carbonyl (C=O) groups excluding carboxylic acids is 2. The number of benzene rings is 3. The van der Waals surface area contributed by atoms with Crippen molar-refractivity contribution < 1.29 is 31.5 Å². The van der Waals surface area contributed by atoms with E-state index in [9.17, 15) is 36.8 Å². The van der Waals surface area contributed by atoms with Crippen molar-refractivity contribution in [2.75, 3.05) is 5.32 Å². The molecule has 3 aromatic carbocycles. The molecule has 1 aliphatic heterocycles. The van der Waals surface area contributed by atoms with Crippen LogP contribution in [0.25, 0.3) is 0 Å². The maximum Gasteiger partial charge on any atom is 0.416 e. The zero-order chi connectivity index (χ0) is 24.8. The third-order valence-corrected chi connectivity index (χ3v) is 5.47. The maximum absolute atomic E-state index is 13.9. The number of hydrogen-bond donors (Lipinski definition) is 2. The molecule has 172 valence electrons. The summed E-state index contributed by atoms with van der Waals surface area (Å²) < 4.78 is 66.8. The van der Waals surface area contributed by atoms with Gasteiger partial charge in [0.15, 0.2) is 0 Å². The van der Waals surface area contributed by atoms with Crippen LogP contribution in [0, 0.1) is 23.0 Å². The van der Waals surface area contributed by atoms with Crippen LogP contribution in [0.15, 0.2) is 48.5 Å². The predicted molar refractivity (Wildman–Crippen MR) is 111 cm³/mol. The summed E-state index contributed by atoms with van der Waals surface area (Å²) in [6.07, 6.45) is -4.89. The quantitative estimate of drug-likeness (QED) is 0.468. The molecule has 1 aliphatic rings. The molecule has 0 saturated carbocycles. The molecule has 5 nitrogen and oxygen atoms in total. The minimum atomic E-state index is -4.89. The molecule has 0 aliphatic carbocycles. The van der Waals surface area contributed by atoms with Crippen LogP contribution in [0.2, 0.25) is 5.02 Å². The van der Waals surface area contributed by atoms with E-state index in [0.29, 0.717) is 12.1 Å². The fourth-order valence-corrected chi connectivity index (χ4v) is 3.88. The van der Waals surface area contributed by atoms with Crippen molar-refractivity contribution in [3.63, 3.8) is 0 Å². The first kappa shape index (κ1) is 23.2. The van der Waals surface area contributed by atoms with Gasteiger partial charge in [-0.3, -0.25) is 9.59 Å². The molecule has 11 heteroatoms. The number of carbonyl (C=O) groups is 2. The van der Waals surface area contributed by atoms with Crippen molar-refractivity contribution in [1.29, 1.82) is 5.26 Å².